The molecule has 1 atom stereocenters. The predicted molar refractivity (Wildman–Crippen MR) is 110 cm³/mol. The van der Waals surface area contributed by atoms with E-state index in [1.165, 1.54) is 0 Å². The molecule has 29 heavy (non-hydrogen) atoms. The number of aromatic nitrogens is 3. The van der Waals surface area contributed by atoms with Crippen LogP contribution >= 0.6 is 0 Å². The third-order valence-corrected chi connectivity index (χ3v) is 5.30. The summed E-state index contributed by atoms with van der Waals surface area (Å²) in [5.74, 6) is 1.70. The number of methoxy groups -OCH3 is 1. The van der Waals surface area contributed by atoms with Gasteiger partial charge < -0.3 is 14.8 Å². The van der Waals surface area contributed by atoms with Crippen LogP contribution in [-0.4, -0.2) is 45.2 Å². The Balaban J connectivity index is 1.55. The minimum atomic E-state index is -0.156. The van der Waals surface area contributed by atoms with Crippen molar-refractivity contribution in [3.63, 3.8) is 0 Å². The lowest BCUT2D eigenvalue weighted by molar-refractivity contribution is 0.196. The Morgan fingerprint density at radius 1 is 1.31 bits per heavy atom. The normalized spacial score (nSPS) is 17.2. The van der Waals surface area contributed by atoms with Gasteiger partial charge in [-0.2, -0.15) is 0 Å². The van der Waals surface area contributed by atoms with Crippen molar-refractivity contribution in [2.45, 2.75) is 25.3 Å². The van der Waals surface area contributed by atoms with Crippen LogP contribution in [0.2, 0.25) is 0 Å². The lowest BCUT2D eigenvalue weighted by Crippen LogP contribution is -2.34. The highest BCUT2D eigenvalue weighted by atomic mass is 16.5. The lowest BCUT2D eigenvalue weighted by Gasteiger charge is -2.32. The number of ether oxygens (including phenoxy) is 1. The molecule has 2 aromatic heterocycles. The summed E-state index contributed by atoms with van der Waals surface area (Å²) in [7, 11) is 1.62. The van der Waals surface area contributed by atoms with E-state index in [-0.39, 0.29) is 17.2 Å². The van der Waals surface area contributed by atoms with E-state index in [2.05, 4.69) is 14.9 Å². The number of phenols is 1. The van der Waals surface area contributed by atoms with Crippen molar-refractivity contribution in [3.05, 3.63) is 70.4 Å². The minimum Gasteiger partial charge on any atom is -0.508 e. The summed E-state index contributed by atoms with van der Waals surface area (Å²) in [6, 6.07) is 10.6. The number of hydrogen-bond acceptors (Lipinski definition) is 6. The largest absolute Gasteiger partial charge is 0.508 e. The van der Waals surface area contributed by atoms with E-state index in [0.717, 1.165) is 48.5 Å². The summed E-state index contributed by atoms with van der Waals surface area (Å²) in [6.45, 7) is 2.34. The molecule has 0 aliphatic carbocycles. The number of likely N-dealkylation sites (tertiary alicyclic amines) is 1. The van der Waals surface area contributed by atoms with E-state index in [1.54, 1.807) is 37.7 Å². The van der Waals surface area contributed by atoms with E-state index < -0.39 is 0 Å². The monoisotopic (exact) mass is 392 g/mol. The van der Waals surface area contributed by atoms with Gasteiger partial charge >= 0.3 is 0 Å². The van der Waals surface area contributed by atoms with Gasteiger partial charge in [-0.3, -0.25) is 14.7 Å². The Bertz CT molecular complexity index is 1040. The van der Waals surface area contributed by atoms with E-state index in [9.17, 15) is 9.90 Å². The van der Waals surface area contributed by atoms with Crippen LogP contribution in [0.5, 0.6) is 11.5 Å². The molecule has 7 heteroatoms. The molecule has 3 aromatic rings. The molecular formula is C22H24N4O3. The summed E-state index contributed by atoms with van der Waals surface area (Å²) < 4.78 is 5.27. The number of piperidine rings is 1. The fourth-order valence-corrected chi connectivity index (χ4v) is 3.82. The first-order valence-corrected chi connectivity index (χ1v) is 9.72. The van der Waals surface area contributed by atoms with E-state index >= 15 is 0 Å². The Hall–Kier alpha value is -3.19. The predicted octanol–water partition coefficient (Wildman–Crippen LogP) is 2.93. The number of pyridine rings is 1. The molecule has 7 nitrogen and oxygen atoms in total. The fourth-order valence-electron chi connectivity index (χ4n) is 3.82. The van der Waals surface area contributed by atoms with Crippen molar-refractivity contribution < 1.29 is 9.84 Å². The highest BCUT2D eigenvalue weighted by Crippen LogP contribution is 2.29. The number of benzene rings is 1. The molecule has 4 rings (SSSR count). The van der Waals surface area contributed by atoms with Gasteiger partial charge in [0.15, 0.2) is 0 Å². The van der Waals surface area contributed by atoms with Crippen LogP contribution in [0.4, 0.5) is 0 Å². The van der Waals surface area contributed by atoms with Crippen molar-refractivity contribution >= 4 is 0 Å². The highest BCUT2D eigenvalue weighted by Gasteiger charge is 2.24. The molecule has 2 N–H and O–H groups in total. The average molecular weight is 392 g/mol. The molecule has 0 radical (unpaired) electrons. The minimum absolute atomic E-state index is 0.156. The molecular weight excluding hydrogens is 368 g/mol. The smallest absolute Gasteiger partial charge is 0.251 e. The van der Waals surface area contributed by atoms with Gasteiger partial charge in [-0.25, -0.2) is 4.98 Å². The van der Waals surface area contributed by atoms with Crippen LogP contribution in [0.15, 0.2) is 53.6 Å². The van der Waals surface area contributed by atoms with Crippen LogP contribution in [-0.2, 0) is 6.54 Å². The van der Waals surface area contributed by atoms with E-state index in [4.69, 9.17) is 9.72 Å². The molecule has 0 bridgehead atoms. The van der Waals surface area contributed by atoms with Crippen molar-refractivity contribution in [1.82, 2.24) is 19.9 Å². The molecule has 0 amide bonds. The van der Waals surface area contributed by atoms with Crippen molar-refractivity contribution in [2.24, 2.45) is 0 Å². The molecule has 0 spiro atoms. The number of nitrogens with one attached hydrogen (secondary N) is 1. The number of H-pyrrole nitrogens is 1. The second-order valence-corrected chi connectivity index (χ2v) is 7.33. The number of phenolic OH excluding ortho intramolecular Hbond substituents is 1. The number of rotatable bonds is 5. The zero-order valence-electron chi connectivity index (χ0n) is 16.3. The topological polar surface area (TPSA) is 91.3 Å². The van der Waals surface area contributed by atoms with Gasteiger partial charge in [0, 0.05) is 48.6 Å². The molecule has 1 saturated heterocycles. The zero-order valence-corrected chi connectivity index (χ0v) is 16.3. The van der Waals surface area contributed by atoms with Gasteiger partial charge in [-0.05, 0) is 49.7 Å². The number of aromatic hydroxyl groups is 1. The zero-order chi connectivity index (χ0) is 20.2. The van der Waals surface area contributed by atoms with Crippen LogP contribution in [0.25, 0.3) is 11.4 Å². The Kier molecular flexibility index (Phi) is 5.57. The first-order chi connectivity index (χ1) is 14.1. The van der Waals surface area contributed by atoms with E-state index in [1.807, 2.05) is 18.2 Å². The summed E-state index contributed by atoms with van der Waals surface area (Å²) in [5.41, 5.74) is 2.27. The van der Waals surface area contributed by atoms with Gasteiger partial charge in [-0.15, -0.1) is 0 Å². The molecule has 1 aromatic carbocycles. The van der Waals surface area contributed by atoms with E-state index in [0.29, 0.717) is 12.4 Å². The van der Waals surface area contributed by atoms with Crippen LogP contribution in [0.1, 0.15) is 30.0 Å². The van der Waals surface area contributed by atoms with Crippen molar-refractivity contribution in [2.75, 3.05) is 20.2 Å². The van der Waals surface area contributed by atoms with Gasteiger partial charge in [0.25, 0.3) is 5.56 Å². The first-order valence-electron chi connectivity index (χ1n) is 9.72. The Morgan fingerprint density at radius 2 is 2.21 bits per heavy atom. The third-order valence-electron chi connectivity index (χ3n) is 5.30. The Morgan fingerprint density at radius 3 is 3.00 bits per heavy atom. The first kappa shape index (κ1) is 19.1. The molecule has 1 aliphatic rings. The SMILES string of the molecule is COc1ccc(O)c(CN2CCCC(c3cc(=O)[nH]c(-c4cccnc4)n3)C2)c1. The average Bonchev–Trinajstić information content (AvgIpc) is 2.76. The van der Waals surface area contributed by atoms with Gasteiger partial charge in [0.05, 0.1) is 12.8 Å². The number of nitrogens with zero attached hydrogens (tertiary/aromatic N) is 3. The summed E-state index contributed by atoms with van der Waals surface area (Å²) >= 11 is 0. The summed E-state index contributed by atoms with van der Waals surface area (Å²) in [6.07, 6.45) is 5.37. The Labute approximate surface area is 169 Å². The quantitative estimate of drug-likeness (QED) is 0.694. The molecule has 1 fully saturated rings. The molecule has 1 unspecified atom stereocenters. The fraction of sp³-hybridized carbons (Fsp3) is 0.318. The summed E-state index contributed by atoms with van der Waals surface area (Å²) in [4.78, 5) is 26.2. The van der Waals surface area contributed by atoms with Crippen LogP contribution in [0.3, 0.4) is 0 Å². The van der Waals surface area contributed by atoms with Crippen molar-refractivity contribution in [1.29, 1.82) is 0 Å². The third kappa shape index (κ3) is 4.46. The van der Waals surface area contributed by atoms with Gasteiger partial charge in [0.1, 0.15) is 17.3 Å². The standard InChI is InChI=1S/C22H24N4O3/c1-29-18-6-7-20(27)17(10-18)14-26-9-3-5-16(13-26)19-11-21(28)25-22(24-19)15-4-2-8-23-12-15/h2,4,6-8,10-12,16,27H,3,5,9,13-14H2,1H3,(H,24,25,28). The number of aromatic amines is 1. The van der Waals surface area contributed by atoms with Crippen molar-refractivity contribution in [3.8, 4) is 22.9 Å². The van der Waals surface area contributed by atoms with Crippen LogP contribution in [0, 0.1) is 0 Å². The van der Waals surface area contributed by atoms with Gasteiger partial charge in [-0.1, -0.05) is 0 Å². The van der Waals surface area contributed by atoms with Gasteiger partial charge in [0.2, 0.25) is 0 Å². The lowest BCUT2D eigenvalue weighted by atomic mass is 9.94. The second-order valence-electron chi connectivity index (χ2n) is 7.33. The maximum absolute atomic E-state index is 12.2. The molecule has 1 aliphatic heterocycles. The molecule has 3 heterocycles. The molecule has 150 valence electrons. The molecule has 0 saturated carbocycles. The maximum Gasteiger partial charge on any atom is 0.251 e. The number of hydrogen-bond donors (Lipinski definition) is 2. The highest BCUT2D eigenvalue weighted by molar-refractivity contribution is 5.52. The second kappa shape index (κ2) is 8.45. The summed E-state index contributed by atoms with van der Waals surface area (Å²) in [5, 5.41) is 10.2. The maximum atomic E-state index is 12.2. The van der Waals surface area contributed by atoms with Crippen LogP contribution < -0.4 is 10.3 Å².